The van der Waals surface area contributed by atoms with Gasteiger partial charge in [-0.15, -0.1) is 0 Å². The van der Waals surface area contributed by atoms with Crippen LogP contribution in [0.2, 0.25) is 13.1 Å². The van der Waals surface area contributed by atoms with Crippen molar-refractivity contribution in [2.24, 2.45) is 4.99 Å². The van der Waals surface area contributed by atoms with E-state index in [2.05, 4.69) is 23.1 Å². The average molecular weight is 347 g/mol. The lowest BCUT2D eigenvalue weighted by molar-refractivity contribution is 0.581. The predicted octanol–water partition coefficient (Wildman–Crippen LogP) is 4.32. The second-order valence-electron chi connectivity index (χ2n) is 6.01. The lowest BCUT2D eigenvalue weighted by atomic mass is 10.1. The van der Waals surface area contributed by atoms with Crippen LogP contribution in [0.3, 0.4) is 0 Å². The predicted molar refractivity (Wildman–Crippen MR) is 104 cm³/mol. The molecular formula is C20H21N3OSi. The highest BCUT2D eigenvalue weighted by Gasteiger charge is 2.13. The second kappa shape index (κ2) is 7.85. The first-order valence-electron chi connectivity index (χ1n) is 8.32. The molecule has 126 valence electrons. The molecule has 0 saturated carbocycles. The molecule has 0 aliphatic heterocycles. The van der Waals surface area contributed by atoms with E-state index in [4.69, 9.17) is 9.42 Å². The Morgan fingerprint density at radius 2 is 1.80 bits per heavy atom. The number of para-hydroxylation sites is 1. The standard InChI is InChI=1S/C20H21N3OSi/c1-15-8-7-11-18(24-25(2)3)19(15)23-20(16-9-5-4-6-10-16)17-14-21-12-13-22-17/h4-14,25H,1-3H3. The zero-order valence-electron chi connectivity index (χ0n) is 14.7. The van der Waals surface area contributed by atoms with Crippen molar-refractivity contribution in [1.29, 1.82) is 0 Å². The van der Waals surface area contributed by atoms with Crippen LogP contribution in [-0.2, 0) is 0 Å². The third-order valence-corrected chi connectivity index (χ3v) is 4.37. The molecule has 0 aliphatic rings. The molecule has 4 nitrogen and oxygen atoms in total. The van der Waals surface area contributed by atoms with Gasteiger partial charge in [-0.05, 0) is 31.6 Å². The summed E-state index contributed by atoms with van der Waals surface area (Å²) in [6.07, 6.45) is 5.09. The molecule has 25 heavy (non-hydrogen) atoms. The molecule has 1 aromatic heterocycles. The molecule has 0 atom stereocenters. The number of aromatic nitrogens is 2. The van der Waals surface area contributed by atoms with Gasteiger partial charge < -0.3 is 4.43 Å². The molecule has 5 heteroatoms. The van der Waals surface area contributed by atoms with Crippen molar-refractivity contribution < 1.29 is 4.43 Å². The summed E-state index contributed by atoms with van der Waals surface area (Å²) in [5, 5.41) is 0. The van der Waals surface area contributed by atoms with Gasteiger partial charge >= 0.3 is 0 Å². The molecule has 0 bridgehead atoms. The van der Waals surface area contributed by atoms with Crippen LogP contribution >= 0.6 is 0 Å². The molecule has 0 spiro atoms. The van der Waals surface area contributed by atoms with E-state index in [-0.39, 0.29) is 0 Å². The van der Waals surface area contributed by atoms with Gasteiger partial charge in [0, 0.05) is 18.0 Å². The van der Waals surface area contributed by atoms with Gasteiger partial charge in [-0.1, -0.05) is 42.5 Å². The van der Waals surface area contributed by atoms with Crippen molar-refractivity contribution in [3.05, 3.63) is 83.9 Å². The molecule has 1 heterocycles. The Kier molecular flexibility index (Phi) is 5.35. The Hall–Kier alpha value is -2.79. The Morgan fingerprint density at radius 1 is 1.00 bits per heavy atom. The first-order valence-corrected chi connectivity index (χ1v) is 11.1. The van der Waals surface area contributed by atoms with Crippen LogP contribution in [0.15, 0.2) is 72.1 Å². The van der Waals surface area contributed by atoms with E-state index in [9.17, 15) is 0 Å². The SMILES string of the molecule is Cc1cccc(O[SiH](C)C)c1N=C(c1ccccc1)c1cnccn1. The lowest BCUT2D eigenvalue weighted by Crippen LogP contribution is -2.12. The van der Waals surface area contributed by atoms with Crippen LogP contribution in [0.5, 0.6) is 5.75 Å². The zero-order valence-corrected chi connectivity index (χ0v) is 15.8. The van der Waals surface area contributed by atoms with Gasteiger partial charge in [0.15, 0.2) is 0 Å². The normalized spacial score (nSPS) is 11.6. The first kappa shape index (κ1) is 17.0. The Bertz CT molecular complexity index is 823. The number of aliphatic imine (C=N–C) groups is 1. The van der Waals surface area contributed by atoms with Crippen LogP contribution in [0.4, 0.5) is 5.69 Å². The monoisotopic (exact) mass is 347 g/mol. The minimum Gasteiger partial charge on any atom is -0.546 e. The highest BCUT2D eigenvalue weighted by Crippen LogP contribution is 2.32. The maximum atomic E-state index is 6.09. The van der Waals surface area contributed by atoms with E-state index in [0.29, 0.717) is 0 Å². The summed E-state index contributed by atoms with van der Waals surface area (Å²) in [7, 11) is -1.24. The number of benzene rings is 2. The topological polar surface area (TPSA) is 47.4 Å². The summed E-state index contributed by atoms with van der Waals surface area (Å²) >= 11 is 0. The van der Waals surface area contributed by atoms with E-state index in [0.717, 1.165) is 34.0 Å². The van der Waals surface area contributed by atoms with Crippen LogP contribution in [-0.4, -0.2) is 24.7 Å². The maximum absolute atomic E-state index is 6.09. The zero-order chi connectivity index (χ0) is 17.6. The van der Waals surface area contributed by atoms with Crippen LogP contribution < -0.4 is 4.43 Å². The van der Waals surface area contributed by atoms with Gasteiger partial charge in [-0.2, -0.15) is 0 Å². The van der Waals surface area contributed by atoms with Crippen LogP contribution in [0.1, 0.15) is 16.8 Å². The average Bonchev–Trinajstić information content (AvgIpc) is 2.62. The van der Waals surface area contributed by atoms with Gasteiger partial charge in [0.25, 0.3) is 0 Å². The summed E-state index contributed by atoms with van der Waals surface area (Å²) in [5.74, 6) is 0.832. The molecule has 0 aliphatic carbocycles. The fourth-order valence-electron chi connectivity index (χ4n) is 2.52. The third kappa shape index (κ3) is 4.19. The minimum atomic E-state index is -1.24. The van der Waals surface area contributed by atoms with E-state index >= 15 is 0 Å². The highest BCUT2D eigenvalue weighted by atomic mass is 28.3. The third-order valence-electron chi connectivity index (χ3n) is 3.64. The maximum Gasteiger partial charge on any atom is 0.229 e. The molecule has 0 saturated heterocycles. The molecule has 0 fully saturated rings. The van der Waals surface area contributed by atoms with E-state index in [1.165, 1.54) is 0 Å². The smallest absolute Gasteiger partial charge is 0.229 e. The fraction of sp³-hybridized carbons (Fsp3) is 0.150. The van der Waals surface area contributed by atoms with Crippen molar-refractivity contribution in [3.8, 4) is 5.75 Å². The number of aryl methyl sites for hydroxylation is 1. The Balaban J connectivity index is 2.18. The number of hydrogen-bond donors (Lipinski definition) is 0. The van der Waals surface area contributed by atoms with Crippen molar-refractivity contribution >= 4 is 20.4 Å². The molecule has 2 aromatic carbocycles. The van der Waals surface area contributed by atoms with Gasteiger partial charge in [0.05, 0.1) is 11.9 Å². The lowest BCUT2D eigenvalue weighted by Gasteiger charge is -2.15. The largest absolute Gasteiger partial charge is 0.546 e. The molecule has 0 amide bonds. The van der Waals surface area contributed by atoms with E-state index < -0.39 is 9.04 Å². The molecule has 3 aromatic rings. The van der Waals surface area contributed by atoms with Crippen LogP contribution in [0.25, 0.3) is 0 Å². The van der Waals surface area contributed by atoms with E-state index in [1.54, 1.807) is 18.6 Å². The van der Waals surface area contributed by atoms with Crippen molar-refractivity contribution in [2.45, 2.75) is 20.0 Å². The summed E-state index contributed by atoms with van der Waals surface area (Å²) < 4.78 is 6.09. The van der Waals surface area contributed by atoms with Crippen LogP contribution in [0, 0.1) is 6.92 Å². The van der Waals surface area contributed by atoms with Crippen molar-refractivity contribution in [2.75, 3.05) is 0 Å². The molecule has 0 radical (unpaired) electrons. The number of hydrogen-bond acceptors (Lipinski definition) is 4. The summed E-state index contributed by atoms with van der Waals surface area (Å²) in [5.41, 5.74) is 4.46. The Labute approximate surface area is 150 Å². The van der Waals surface area contributed by atoms with Gasteiger partial charge in [-0.25, -0.2) is 4.99 Å². The summed E-state index contributed by atoms with van der Waals surface area (Å²) in [6.45, 7) is 6.35. The quantitative estimate of drug-likeness (QED) is 0.510. The Morgan fingerprint density at radius 3 is 2.48 bits per heavy atom. The molecule has 0 unspecified atom stereocenters. The van der Waals surface area contributed by atoms with Gasteiger partial charge in [0.1, 0.15) is 17.1 Å². The highest BCUT2D eigenvalue weighted by molar-refractivity contribution is 6.49. The summed E-state index contributed by atoms with van der Waals surface area (Å²) in [4.78, 5) is 13.6. The van der Waals surface area contributed by atoms with Crippen molar-refractivity contribution in [1.82, 2.24) is 9.97 Å². The second-order valence-corrected chi connectivity index (χ2v) is 8.34. The van der Waals surface area contributed by atoms with Gasteiger partial charge in [-0.3, -0.25) is 9.97 Å². The molecule has 3 rings (SSSR count). The minimum absolute atomic E-state index is 0.740. The molecule has 0 N–H and O–H groups in total. The first-order chi connectivity index (χ1) is 12.1. The fourth-order valence-corrected chi connectivity index (χ4v) is 3.22. The number of rotatable bonds is 5. The van der Waals surface area contributed by atoms with E-state index in [1.807, 2.05) is 55.5 Å². The summed E-state index contributed by atoms with van der Waals surface area (Å²) in [6, 6.07) is 16.1. The number of nitrogens with zero attached hydrogens (tertiary/aromatic N) is 3. The van der Waals surface area contributed by atoms with Gasteiger partial charge in [0.2, 0.25) is 9.04 Å². The van der Waals surface area contributed by atoms with Crippen molar-refractivity contribution in [3.63, 3.8) is 0 Å². The molecular weight excluding hydrogens is 326 g/mol.